The molecule has 1 aromatic carbocycles. The second-order valence-corrected chi connectivity index (χ2v) is 4.16. The number of nitrogens with zero attached hydrogens (tertiary/aromatic N) is 1. The molecule has 0 atom stereocenters. The number of carbonyl (C=O) groups is 1. The monoisotopic (exact) mass is 229 g/mol. The molecular weight excluding hydrogens is 214 g/mol. The first-order chi connectivity index (χ1) is 8.04. The lowest BCUT2D eigenvalue weighted by Gasteiger charge is -2.04. The number of carboxylic acids is 1. The predicted octanol–water partition coefficient (Wildman–Crippen LogP) is 3.01. The molecule has 0 aliphatic carbocycles. The van der Waals surface area contributed by atoms with Gasteiger partial charge in [-0.05, 0) is 25.0 Å². The normalized spacial score (nSPS) is 10.5. The van der Waals surface area contributed by atoms with Crippen LogP contribution < -0.4 is 0 Å². The molecule has 3 nitrogen and oxygen atoms in total. The van der Waals surface area contributed by atoms with E-state index in [-0.39, 0.29) is 0 Å². The van der Waals surface area contributed by atoms with Crippen LogP contribution in [0, 0.1) is 13.8 Å². The van der Waals surface area contributed by atoms with Crippen molar-refractivity contribution in [1.29, 1.82) is 0 Å². The van der Waals surface area contributed by atoms with E-state index >= 15 is 0 Å². The molecule has 2 rings (SSSR count). The van der Waals surface area contributed by atoms with Crippen molar-refractivity contribution in [2.75, 3.05) is 0 Å². The van der Waals surface area contributed by atoms with Gasteiger partial charge in [0.1, 0.15) is 5.69 Å². The second-order valence-electron chi connectivity index (χ2n) is 4.16. The molecule has 0 spiro atoms. The summed E-state index contributed by atoms with van der Waals surface area (Å²) in [6.45, 7) is 3.90. The Labute approximate surface area is 100 Å². The molecule has 1 heterocycles. The fourth-order valence-electron chi connectivity index (χ4n) is 2.15. The van der Waals surface area contributed by atoms with E-state index in [1.54, 1.807) is 11.6 Å². The van der Waals surface area contributed by atoms with Crippen LogP contribution >= 0.6 is 0 Å². The molecule has 0 radical (unpaired) electrons. The van der Waals surface area contributed by atoms with Crippen LogP contribution in [0.5, 0.6) is 0 Å². The van der Waals surface area contributed by atoms with E-state index in [0.717, 1.165) is 22.4 Å². The van der Waals surface area contributed by atoms with Crippen molar-refractivity contribution in [1.82, 2.24) is 4.57 Å². The average Bonchev–Trinajstić information content (AvgIpc) is 2.55. The summed E-state index contributed by atoms with van der Waals surface area (Å²) in [7, 11) is 1.79. The lowest BCUT2D eigenvalue weighted by Crippen LogP contribution is -2.06. The van der Waals surface area contributed by atoms with E-state index in [4.69, 9.17) is 0 Å². The van der Waals surface area contributed by atoms with Gasteiger partial charge in [-0.3, -0.25) is 0 Å². The number of rotatable bonds is 2. The van der Waals surface area contributed by atoms with Crippen molar-refractivity contribution < 1.29 is 9.90 Å². The molecule has 0 saturated carbocycles. The maximum absolute atomic E-state index is 11.4. The van der Waals surface area contributed by atoms with Crippen LogP contribution in [0.1, 0.15) is 21.7 Å². The predicted molar refractivity (Wildman–Crippen MR) is 67.3 cm³/mol. The van der Waals surface area contributed by atoms with Crippen LogP contribution in [0.3, 0.4) is 0 Å². The van der Waals surface area contributed by atoms with Gasteiger partial charge in [-0.2, -0.15) is 0 Å². The van der Waals surface area contributed by atoms with Gasteiger partial charge in [-0.15, -0.1) is 0 Å². The van der Waals surface area contributed by atoms with E-state index in [0.29, 0.717) is 5.69 Å². The Balaban J connectivity index is 2.78. The highest BCUT2D eigenvalue weighted by atomic mass is 16.4. The fraction of sp³-hybridized carbons (Fsp3) is 0.214. The Morgan fingerprint density at radius 1 is 1.18 bits per heavy atom. The van der Waals surface area contributed by atoms with Gasteiger partial charge in [-0.25, -0.2) is 4.79 Å². The van der Waals surface area contributed by atoms with Crippen molar-refractivity contribution >= 4 is 5.97 Å². The number of carboxylic acid groups (broad SMARTS) is 1. The third kappa shape index (κ3) is 1.73. The highest BCUT2D eigenvalue weighted by Gasteiger charge is 2.21. The molecule has 0 aliphatic heterocycles. The largest absolute Gasteiger partial charge is 0.477 e. The van der Waals surface area contributed by atoms with Gasteiger partial charge in [0.05, 0.1) is 0 Å². The minimum atomic E-state index is -0.887. The molecule has 0 fully saturated rings. The summed E-state index contributed by atoms with van der Waals surface area (Å²) in [5, 5.41) is 9.32. The summed E-state index contributed by atoms with van der Waals surface area (Å²) in [4.78, 5) is 11.4. The van der Waals surface area contributed by atoms with Gasteiger partial charge in [0, 0.05) is 18.3 Å². The van der Waals surface area contributed by atoms with Crippen LogP contribution in [-0.4, -0.2) is 15.6 Å². The quantitative estimate of drug-likeness (QED) is 0.860. The smallest absolute Gasteiger partial charge is 0.353 e. The van der Waals surface area contributed by atoms with Gasteiger partial charge >= 0.3 is 5.97 Å². The minimum Gasteiger partial charge on any atom is -0.477 e. The van der Waals surface area contributed by atoms with Crippen LogP contribution in [-0.2, 0) is 7.05 Å². The van der Waals surface area contributed by atoms with Crippen LogP contribution in [0.25, 0.3) is 11.1 Å². The third-order valence-corrected chi connectivity index (χ3v) is 3.26. The fourth-order valence-corrected chi connectivity index (χ4v) is 2.15. The first-order valence-electron chi connectivity index (χ1n) is 5.48. The van der Waals surface area contributed by atoms with E-state index in [1.807, 2.05) is 44.2 Å². The summed E-state index contributed by atoms with van der Waals surface area (Å²) in [5.41, 5.74) is 4.13. The van der Waals surface area contributed by atoms with Crippen molar-refractivity contribution in [3.8, 4) is 11.1 Å². The van der Waals surface area contributed by atoms with E-state index in [1.165, 1.54) is 0 Å². The van der Waals surface area contributed by atoms with Gasteiger partial charge in [-0.1, -0.05) is 30.3 Å². The molecule has 1 aromatic heterocycles. The first kappa shape index (κ1) is 11.5. The number of benzene rings is 1. The van der Waals surface area contributed by atoms with Gasteiger partial charge < -0.3 is 9.67 Å². The standard InChI is InChI=1S/C14H15NO2/c1-9-10(2)15(3)13(14(16)17)12(9)11-7-5-4-6-8-11/h4-8H,1-3H3,(H,16,17). The Kier molecular flexibility index (Phi) is 2.76. The van der Waals surface area contributed by atoms with Gasteiger partial charge in [0.2, 0.25) is 0 Å². The molecule has 0 aliphatic rings. The number of hydrogen-bond acceptors (Lipinski definition) is 1. The highest BCUT2D eigenvalue weighted by molar-refractivity contribution is 5.96. The Morgan fingerprint density at radius 3 is 2.29 bits per heavy atom. The van der Waals surface area contributed by atoms with Crippen molar-refractivity contribution in [3.05, 3.63) is 47.3 Å². The zero-order chi connectivity index (χ0) is 12.6. The zero-order valence-electron chi connectivity index (χ0n) is 10.2. The second kappa shape index (κ2) is 4.09. The molecule has 0 saturated heterocycles. The van der Waals surface area contributed by atoms with Gasteiger partial charge in [0.25, 0.3) is 0 Å². The molecular formula is C14H15NO2. The lowest BCUT2D eigenvalue weighted by molar-refractivity contribution is 0.0687. The molecule has 88 valence electrons. The molecule has 0 bridgehead atoms. The molecule has 0 amide bonds. The SMILES string of the molecule is Cc1c(-c2ccccc2)c(C(=O)O)n(C)c1C. The van der Waals surface area contributed by atoms with E-state index in [9.17, 15) is 9.90 Å². The zero-order valence-corrected chi connectivity index (χ0v) is 10.2. The molecule has 1 N–H and O–H groups in total. The summed E-state index contributed by atoms with van der Waals surface area (Å²) in [6.07, 6.45) is 0. The topological polar surface area (TPSA) is 42.2 Å². The number of aromatic carboxylic acids is 1. The van der Waals surface area contributed by atoms with Crippen molar-refractivity contribution in [2.24, 2.45) is 7.05 Å². The number of aromatic nitrogens is 1. The highest BCUT2D eigenvalue weighted by Crippen LogP contribution is 2.31. The van der Waals surface area contributed by atoms with Crippen LogP contribution in [0.4, 0.5) is 0 Å². The maximum atomic E-state index is 11.4. The Morgan fingerprint density at radius 2 is 1.76 bits per heavy atom. The third-order valence-electron chi connectivity index (χ3n) is 3.26. The average molecular weight is 229 g/mol. The molecule has 17 heavy (non-hydrogen) atoms. The minimum absolute atomic E-state index is 0.353. The van der Waals surface area contributed by atoms with Crippen LogP contribution in [0.2, 0.25) is 0 Å². The molecule has 3 heteroatoms. The lowest BCUT2D eigenvalue weighted by atomic mass is 10.0. The van der Waals surface area contributed by atoms with E-state index in [2.05, 4.69) is 0 Å². The van der Waals surface area contributed by atoms with E-state index < -0.39 is 5.97 Å². The summed E-state index contributed by atoms with van der Waals surface area (Å²) in [6, 6.07) is 9.64. The Bertz CT molecular complexity index is 568. The first-order valence-corrected chi connectivity index (χ1v) is 5.48. The maximum Gasteiger partial charge on any atom is 0.353 e. The van der Waals surface area contributed by atoms with Crippen LogP contribution in [0.15, 0.2) is 30.3 Å². The van der Waals surface area contributed by atoms with Crippen molar-refractivity contribution in [3.63, 3.8) is 0 Å². The Hall–Kier alpha value is -2.03. The summed E-state index contributed by atoms with van der Waals surface area (Å²) in [5.74, 6) is -0.887. The molecule has 0 unspecified atom stereocenters. The molecule has 2 aromatic rings. The van der Waals surface area contributed by atoms with Gasteiger partial charge in [0.15, 0.2) is 0 Å². The summed E-state index contributed by atoms with van der Waals surface area (Å²) >= 11 is 0. The van der Waals surface area contributed by atoms with Crippen molar-refractivity contribution in [2.45, 2.75) is 13.8 Å². The summed E-state index contributed by atoms with van der Waals surface area (Å²) < 4.78 is 1.74. The number of hydrogen-bond donors (Lipinski definition) is 1.